The van der Waals surface area contributed by atoms with Gasteiger partial charge in [0.15, 0.2) is 0 Å². The number of aryl methyl sites for hydroxylation is 1. The van der Waals surface area contributed by atoms with Gasteiger partial charge in [-0.2, -0.15) is 0 Å². The molecule has 0 spiro atoms. The lowest BCUT2D eigenvalue weighted by Crippen LogP contribution is -2.36. The SMILES string of the molecule is CCOC(=O)c1c(NC(=O)CN(CCO)C2CC2)sc2c1CCC2. The van der Waals surface area contributed by atoms with Crippen LogP contribution in [0.3, 0.4) is 0 Å². The molecular weight excluding hydrogens is 328 g/mol. The van der Waals surface area contributed by atoms with Crippen LogP contribution >= 0.6 is 11.3 Å². The highest BCUT2D eigenvalue weighted by molar-refractivity contribution is 7.17. The van der Waals surface area contributed by atoms with E-state index in [-0.39, 0.29) is 25.0 Å². The predicted octanol–water partition coefficient (Wildman–Crippen LogP) is 1.81. The summed E-state index contributed by atoms with van der Waals surface area (Å²) in [6.07, 6.45) is 5.03. The number of hydrogen-bond acceptors (Lipinski definition) is 6. The Labute approximate surface area is 145 Å². The number of amides is 1. The molecule has 1 saturated carbocycles. The second-order valence-corrected chi connectivity index (χ2v) is 7.36. The Morgan fingerprint density at radius 2 is 2.17 bits per heavy atom. The van der Waals surface area contributed by atoms with E-state index in [9.17, 15) is 9.59 Å². The van der Waals surface area contributed by atoms with E-state index in [1.54, 1.807) is 6.92 Å². The smallest absolute Gasteiger partial charge is 0.341 e. The molecule has 2 N–H and O–H groups in total. The van der Waals surface area contributed by atoms with Crippen molar-refractivity contribution < 1.29 is 19.4 Å². The van der Waals surface area contributed by atoms with Crippen LogP contribution in [-0.4, -0.2) is 54.2 Å². The highest BCUT2D eigenvalue weighted by Crippen LogP contribution is 2.39. The minimum Gasteiger partial charge on any atom is -0.462 e. The molecule has 3 rings (SSSR count). The van der Waals surface area contributed by atoms with Crippen molar-refractivity contribution in [1.29, 1.82) is 0 Å². The number of thiophene rings is 1. The highest BCUT2D eigenvalue weighted by atomic mass is 32.1. The van der Waals surface area contributed by atoms with Crippen LogP contribution in [0.2, 0.25) is 0 Å². The molecular formula is C17H24N2O4S. The third-order valence-corrected chi connectivity index (χ3v) is 5.66. The number of aliphatic hydroxyl groups is 1. The zero-order chi connectivity index (χ0) is 17.1. The summed E-state index contributed by atoms with van der Waals surface area (Å²) in [5.41, 5.74) is 1.59. The number of aliphatic hydroxyl groups excluding tert-OH is 1. The summed E-state index contributed by atoms with van der Waals surface area (Å²) in [5.74, 6) is -0.484. The molecule has 1 fully saturated rings. The first kappa shape index (κ1) is 17.4. The third kappa shape index (κ3) is 3.79. The molecule has 7 heteroatoms. The van der Waals surface area contributed by atoms with Crippen molar-refractivity contribution >= 4 is 28.2 Å². The van der Waals surface area contributed by atoms with Gasteiger partial charge in [0.05, 0.1) is 25.3 Å². The van der Waals surface area contributed by atoms with Gasteiger partial charge >= 0.3 is 5.97 Å². The van der Waals surface area contributed by atoms with Gasteiger partial charge in [0.1, 0.15) is 5.00 Å². The molecule has 2 aliphatic rings. The van der Waals surface area contributed by atoms with Gasteiger partial charge in [0, 0.05) is 17.5 Å². The van der Waals surface area contributed by atoms with E-state index in [4.69, 9.17) is 9.84 Å². The second-order valence-electron chi connectivity index (χ2n) is 6.26. The topological polar surface area (TPSA) is 78.9 Å². The first-order valence-electron chi connectivity index (χ1n) is 8.60. The van der Waals surface area contributed by atoms with Gasteiger partial charge in [-0.05, 0) is 44.6 Å². The lowest BCUT2D eigenvalue weighted by atomic mass is 10.1. The molecule has 0 bridgehead atoms. The molecule has 24 heavy (non-hydrogen) atoms. The minimum atomic E-state index is -0.346. The zero-order valence-corrected chi connectivity index (χ0v) is 14.8. The van der Waals surface area contributed by atoms with Crippen LogP contribution < -0.4 is 5.32 Å². The van der Waals surface area contributed by atoms with Gasteiger partial charge < -0.3 is 15.2 Å². The molecule has 1 aromatic rings. The molecule has 1 aromatic heterocycles. The number of carbonyl (C=O) groups is 2. The van der Waals surface area contributed by atoms with Crippen LogP contribution in [0.1, 0.15) is 47.0 Å². The normalized spacial score (nSPS) is 16.3. The summed E-state index contributed by atoms with van der Waals surface area (Å²) in [7, 11) is 0. The Balaban J connectivity index is 1.72. The quantitative estimate of drug-likeness (QED) is 0.698. The molecule has 0 radical (unpaired) electrons. The molecule has 0 saturated heterocycles. The number of nitrogens with zero attached hydrogens (tertiary/aromatic N) is 1. The van der Waals surface area contributed by atoms with Crippen molar-refractivity contribution in [2.24, 2.45) is 0 Å². The second kappa shape index (κ2) is 7.63. The number of ether oxygens (including phenoxy) is 1. The molecule has 6 nitrogen and oxygen atoms in total. The first-order chi connectivity index (χ1) is 11.6. The Morgan fingerprint density at radius 1 is 1.38 bits per heavy atom. The third-order valence-electron chi connectivity index (χ3n) is 4.45. The van der Waals surface area contributed by atoms with Crippen LogP contribution in [0.5, 0.6) is 0 Å². The number of carbonyl (C=O) groups excluding carboxylic acids is 2. The van der Waals surface area contributed by atoms with Gasteiger partial charge in [-0.25, -0.2) is 4.79 Å². The standard InChI is InChI=1S/C17H24N2O4S/c1-2-23-17(22)15-12-4-3-5-13(12)24-16(15)18-14(21)10-19(8-9-20)11-6-7-11/h11,20H,2-10H2,1H3,(H,18,21). The summed E-state index contributed by atoms with van der Waals surface area (Å²) in [6, 6.07) is 0.403. The number of esters is 1. The number of fused-ring (bicyclic) bond motifs is 1. The van der Waals surface area contributed by atoms with Crippen molar-refractivity contribution in [1.82, 2.24) is 4.90 Å². The van der Waals surface area contributed by atoms with Crippen LogP contribution in [0.4, 0.5) is 5.00 Å². The monoisotopic (exact) mass is 352 g/mol. The van der Waals surface area contributed by atoms with Crippen molar-refractivity contribution in [2.45, 2.75) is 45.1 Å². The van der Waals surface area contributed by atoms with Gasteiger partial charge in [-0.1, -0.05) is 0 Å². The summed E-state index contributed by atoms with van der Waals surface area (Å²) in [4.78, 5) is 27.9. The Hall–Kier alpha value is -1.44. The summed E-state index contributed by atoms with van der Waals surface area (Å²) >= 11 is 1.49. The zero-order valence-electron chi connectivity index (χ0n) is 14.0. The van der Waals surface area contributed by atoms with Crippen LogP contribution in [-0.2, 0) is 22.4 Å². The van der Waals surface area contributed by atoms with E-state index >= 15 is 0 Å². The van der Waals surface area contributed by atoms with Crippen molar-refractivity contribution in [3.05, 3.63) is 16.0 Å². The summed E-state index contributed by atoms with van der Waals surface area (Å²) in [6.45, 7) is 2.90. The Morgan fingerprint density at radius 3 is 2.83 bits per heavy atom. The average molecular weight is 352 g/mol. The summed E-state index contributed by atoms with van der Waals surface area (Å²) in [5, 5.41) is 12.7. The van der Waals surface area contributed by atoms with Gasteiger partial charge in [-0.3, -0.25) is 9.69 Å². The number of anilines is 1. The van der Waals surface area contributed by atoms with E-state index in [2.05, 4.69) is 5.32 Å². The van der Waals surface area contributed by atoms with Crippen LogP contribution in [0.25, 0.3) is 0 Å². The van der Waals surface area contributed by atoms with Crippen LogP contribution in [0, 0.1) is 0 Å². The maximum atomic E-state index is 12.4. The molecule has 132 valence electrons. The lowest BCUT2D eigenvalue weighted by molar-refractivity contribution is -0.117. The van der Waals surface area contributed by atoms with E-state index in [0.29, 0.717) is 29.8 Å². The lowest BCUT2D eigenvalue weighted by Gasteiger charge is -2.20. The van der Waals surface area contributed by atoms with Gasteiger partial charge in [0.25, 0.3) is 0 Å². The van der Waals surface area contributed by atoms with E-state index in [1.807, 2.05) is 4.90 Å². The fourth-order valence-electron chi connectivity index (χ4n) is 3.22. The minimum absolute atomic E-state index is 0.0468. The van der Waals surface area contributed by atoms with E-state index < -0.39 is 0 Å². The van der Waals surface area contributed by atoms with E-state index in [1.165, 1.54) is 16.2 Å². The van der Waals surface area contributed by atoms with Crippen molar-refractivity contribution in [3.63, 3.8) is 0 Å². The molecule has 1 heterocycles. The fourth-order valence-corrected chi connectivity index (χ4v) is 4.51. The maximum Gasteiger partial charge on any atom is 0.341 e. The predicted molar refractivity (Wildman–Crippen MR) is 92.6 cm³/mol. The molecule has 0 aliphatic heterocycles. The Kier molecular flexibility index (Phi) is 5.53. The van der Waals surface area contributed by atoms with E-state index in [0.717, 1.165) is 37.7 Å². The van der Waals surface area contributed by atoms with Crippen molar-refractivity contribution in [2.75, 3.05) is 31.6 Å². The maximum absolute atomic E-state index is 12.4. The number of hydrogen-bond donors (Lipinski definition) is 2. The molecule has 2 aliphatic carbocycles. The molecule has 0 unspecified atom stereocenters. The average Bonchev–Trinajstić information content (AvgIpc) is 3.19. The first-order valence-corrected chi connectivity index (χ1v) is 9.42. The van der Waals surface area contributed by atoms with Crippen LogP contribution in [0.15, 0.2) is 0 Å². The number of rotatable bonds is 8. The van der Waals surface area contributed by atoms with Gasteiger partial charge in [0.2, 0.25) is 5.91 Å². The molecule has 0 aromatic carbocycles. The van der Waals surface area contributed by atoms with Gasteiger partial charge in [-0.15, -0.1) is 11.3 Å². The molecule has 1 amide bonds. The summed E-state index contributed by atoms with van der Waals surface area (Å²) < 4.78 is 5.17. The Bertz CT molecular complexity index is 624. The fraction of sp³-hybridized carbons (Fsp3) is 0.647. The van der Waals surface area contributed by atoms with Crippen molar-refractivity contribution in [3.8, 4) is 0 Å². The number of nitrogens with one attached hydrogen (secondary N) is 1. The highest BCUT2D eigenvalue weighted by Gasteiger charge is 2.31. The largest absolute Gasteiger partial charge is 0.462 e. The molecule has 0 atom stereocenters.